The third kappa shape index (κ3) is 7.88. The first-order valence-corrected chi connectivity index (χ1v) is 12.8. The van der Waals surface area contributed by atoms with Gasteiger partial charge >= 0.3 is 5.97 Å². The molecule has 3 rings (SSSR count). The molecule has 6 heteroatoms. The van der Waals surface area contributed by atoms with Crippen molar-refractivity contribution >= 4 is 23.1 Å². The third-order valence-electron chi connectivity index (χ3n) is 6.20. The molecule has 0 unspecified atom stereocenters. The fourth-order valence-corrected chi connectivity index (χ4v) is 4.43. The predicted octanol–water partition coefficient (Wildman–Crippen LogP) is 6.41. The molecule has 0 spiro atoms. The van der Waals surface area contributed by atoms with Crippen LogP contribution in [0.25, 0.3) is 17.1 Å². The molecule has 0 amide bonds. The van der Waals surface area contributed by atoms with Crippen LogP contribution in [0.2, 0.25) is 0 Å². The second-order valence-electron chi connectivity index (χ2n) is 9.53. The fraction of sp³-hybridized carbons (Fsp3) is 0.607. The standard InChI is InChI=1S/C28H40N2O4/c1-5-6-7-8-9-10-14-23-24(30-22-16-12-11-15-21(22)29-23)19-20-26-25(33-28(2,3)34-26)17-13-18-27(31)32-4/h11-12,15-16,19-20,25-26H,5-10,13-14,17-18H2,1-4H3/b20-19+/t25-,26+/m0/s1. The number of rotatable bonds is 13. The van der Waals surface area contributed by atoms with Crippen LogP contribution in [0.3, 0.4) is 0 Å². The molecule has 1 aliphatic rings. The summed E-state index contributed by atoms with van der Waals surface area (Å²) >= 11 is 0. The lowest BCUT2D eigenvalue weighted by atomic mass is 10.0. The highest BCUT2D eigenvalue weighted by Gasteiger charge is 2.39. The number of methoxy groups -OCH3 is 1. The Morgan fingerprint density at radius 1 is 1.03 bits per heavy atom. The molecule has 1 saturated heterocycles. The summed E-state index contributed by atoms with van der Waals surface area (Å²) in [6.45, 7) is 6.09. The number of benzene rings is 1. The van der Waals surface area contributed by atoms with Gasteiger partial charge in [0, 0.05) is 6.42 Å². The van der Waals surface area contributed by atoms with E-state index in [2.05, 4.69) is 6.92 Å². The first-order valence-electron chi connectivity index (χ1n) is 12.8. The maximum atomic E-state index is 11.5. The number of ether oxygens (including phenoxy) is 3. The zero-order valence-electron chi connectivity index (χ0n) is 21.2. The maximum Gasteiger partial charge on any atom is 0.305 e. The van der Waals surface area contributed by atoms with Gasteiger partial charge in [-0.2, -0.15) is 0 Å². The smallest absolute Gasteiger partial charge is 0.305 e. The van der Waals surface area contributed by atoms with E-state index in [1.165, 1.54) is 39.2 Å². The maximum absolute atomic E-state index is 11.5. The lowest BCUT2D eigenvalue weighted by Crippen LogP contribution is -2.21. The van der Waals surface area contributed by atoms with E-state index < -0.39 is 5.79 Å². The highest BCUT2D eigenvalue weighted by Crippen LogP contribution is 2.32. The lowest BCUT2D eigenvalue weighted by Gasteiger charge is -2.16. The zero-order chi connectivity index (χ0) is 24.4. The molecule has 2 atom stereocenters. The third-order valence-corrected chi connectivity index (χ3v) is 6.20. The predicted molar refractivity (Wildman–Crippen MR) is 135 cm³/mol. The van der Waals surface area contributed by atoms with E-state index in [1.54, 1.807) is 0 Å². The van der Waals surface area contributed by atoms with E-state index in [0.717, 1.165) is 41.7 Å². The summed E-state index contributed by atoms with van der Waals surface area (Å²) in [5.41, 5.74) is 3.76. The second-order valence-corrected chi connectivity index (χ2v) is 9.53. The molecule has 1 aromatic heterocycles. The number of nitrogens with zero attached hydrogens (tertiary/aromatic N) is 2. The number of unbranched alkanes of at least 4 members (excludes halogenated alkanes) is 5. The number of carbonyl (C=O) groups is 1. The van der Waals surface area contributed by atoms with Gasteiger partial charge in [-0.15, -0.1) is 0 Å². The van der Waals surface area contributed by atoms with Gasteiger partial charge in [-0.05, 0) is 57.7 Å². The van der Waals surface area contributed by atoms with Gasteiger partial charge in [-0.25, -0.2) is 9.97 Å². The SMILES string of the molecule is CCCCCCCCc1nc2ccccc2nc1/C=C/[C@H]1OC(C)(C)O[C@H]1CCCC(=O)OC. The molecule has 0 radical (unpaired) electrons. The summed E-state index contributed by atoms with van der Waals surface area (Å²) in [5, 5.41) is 0. The number of fused-ring (bicyclic) bond motifs is 1. The van der Waals surface area contributed by atoms with Gasteiger partial charge in [-0.1, -0.05) is 57.2 Å². The topological polar surface area (TPSA) is 70.5 Å². The highest BCUT2D eigenvalue weighted by molar-refractivity contribution is 5.75. The first-order chi connectivity index (χ1) is 16.4. The number of carbonyl (C=O) groups excluding carboxylic acids is 1. The van der Waals surface area contributed by atoms with E-state index in [0.29, 0.717) is 12.8 Å². The van der Waals surface area contributed by atoms with Gasteiger partial charge in [0.2, 0.25) is 0 Å². The number of esters is 1. The lowest BCUT2D eigenvalue weighted by molar-refractivity contribution is -0.144. The molecule has 1 aromatic carbocycles. The normalized spacial score (nSPS) is 19.8. The molecular weight excluding hydrogens is 428 g/mol. The number of hydrogen-bond donors (Lipinski definition) is 0. The number of para-hydroxylation sites is 2. The highest BCUT2D eigenvalue weighted by atomic mass is 16.7. The molecule has 0 saturated carbocycles. The second kappa shape index (κ2) is 13.0. The van der Waals surface area contributed by atoms with Crippen LogP contribution in [0.15, 0.2) is 30.3 Å². The average Bonchev–Trinajstić information content (AvgIpc) is 3.12. The monoisotopic (exact) mass is 468 g/mol. The molecule has 2 aromatic rings. The van der Waals surface area contributed by atoms with Crippen LogP contribution in [-0.4, -0.2) is 41.0 Å². The fourth-order valence-electron chi connectivity index (χ4n) is 4.43. The van der Waals surface area contributed by atoms with Crippen molar-refractivity contribution in [3.63, 3.8) is 0 Å². The first kappa shape index (κ1) is 26.3. The summed E-state index contributed by atoms with van der Waals surface area (Å²) in [7, 11) is 1.42. The van der Waals surface area contributed by atoms with Crippen LogP contribution in [0.5, 0.6) is 0 Å². The minimum Gasteiger partial charge on any atom is -0.469 e. The summed E-state index contributed by atoms with van der Waals surface area (Å²) in [6, 6.07) is 8.02. The largest absolute Gasteiger partial charge is 0.469 e. The van der Waals surface area contributed by atoms with Gasteiger partial charge < -0.3 is 14.2 Å². The summed E-state index contributed by atoms with van der Waals surface area (Å²) < 4.78 is 17.0. The summed E-state index contributed by atoms with van der Waals surface area (Å²) in [4.78, 5) is 21.3. The Bertz CT molecular complexity index is 957. The van der Waals surface area contributed by atoms with Gasteiger partial charge in [0.1, 0.15) is 6.10 Å². The summed E-state index contributed by atoms with van der Waals surface area (Å²) in [6.07, 6.45) is 14.0. The Morgan fingerprint density at radius 3 is 2.47 bits per heavy atom. The van der Waals surface area contributed by atoms with Crippen molar-refractivity contribution in [1.82, 2.24) is 9.97 Å². The minimum atomic E-state index is -0.665. The van der Waals surface area contributed by atoms with Gasteiger partial charge in [0.25, 0.3) is 0 Å². The van der Waals surface area contributed by atoms with Crippen molar-refractivity contribution < 1.29 is 19.0 Å². The molecule has 0 aliphatic carbocycles. The Labute approximate surface area is 204 Å². The Hall–Kier alpha value is -2.31. The minimum absolute atomic E-state index is 0.119. The molecular formula is C28H40N2O4. The average molecular weight is 469 g/mol. The molecule has 186 valence electrons. The van der Waals surface area contributed by atoms with Crippen LogP contribution in [0.4, 0.5) is 0 Å². The van der Waals surface area contributed by atoms with Gasteiger partial charge in [0.05, 0.1) is 35.6 Å². The van der Waals surface area contributed by atoms with Crippen molar-refractivity contribution in [3.05, 3.63) is 41.7 Å². The number of aromatic nitrogens is 2. The Kier molecular flexibility index (Phi) is 10.0. The quantitative estimate of drug-likeness (QED) is 0.250. The molecule has 1 fully saturated rings. The number of aryl methyl sites for hydroxylation is 1. The van der Waals surface area contributed by atoms with Crippen molar-refractivity contribution in [1.29, 1.82) is 0 Å². The van der Waals surface area contributed by atoms with Crippen molar-refractivity contribution in [2.24, 2.45) is 0 Å². The van der Waals surface area contributed by atoms with E-state index in [9.17, 15) is 4.79 Å². The van der Waals surface area contributed by atoms with Crippen molar-refractivity contribution in [2.45, 2.75) is 103 Å². The van der Waals surface area contributed by atoms with Crippen LogP contribution in [-0.2, 0) is 25.4 Å². The van der Waals surface area contributed by atoms with Gasteiger partial charge in [-0.3, -0.25) is 4.79 Å². The van der Waals surface area contributed by atoms with E-state index in [-0.39, 0.29) is 18.2 Å². The molecule has 0 bridgehead atoms. The van der Waals surface area contributed by atoms with Crippen molar-refractivity contribution in [2.75, 3.05) is 7.11 Å². The van der Waals surface area contributed by atoms with Crippen molar-refractivity contribution in [3.8, 4) is 0 Å². The zero-order valence-corrected chi connectivity index (χ0v) is 21.2. The molecule has 0 N–H and O–H groups in total. The van der Waals surface area contributed by atoms with E-state index >= 15 is 0 Å². The van der Waals surface area contributed by atoms with Crippen LogP contribution in [0.1, 0.15) is 89.9 Å². The van der Waals surface area contributed by atoms with Gasteiger partial charge in [0.15, 0.2) is 5.79 Å². The Morgan fingerprint density at radius 2 is 1.74 bits per heavy atom. The molecule has 34 heavy (non-hydrogen) atoms. The Balaban J connectivity index is 1.72. The van der Waals surface area contributed by atoms with Crippen LogP contribution in [0, 0.1) is 0 Å². The molecule has 1 aliphatic heterocycles. The molecule has 2 heterocycles. The molecule has 6 nitrogen and oxygen atoms in total. The summed E-state index contributed by atoms with van der Waals surface area (Å²) in [5.74, 6) is -0.863. The van der Waals surface area contributed by atoms with Crippen LogP contribution >= 0.6 is 0 Å². The van der Waals surface area contributed by atoms with Crippen LogP contribution < -0.4 is 0 Å². The number of hydrogen-bond acceptors (Lipinski definition) is 6. The van der Waals surface area contributed by atoms with E-state index in [1.807, 2.05) is 50.3 Å². The van der Waals surface area contributed by atoms with E-state index in [4.69, 9.17) is 24.2 Å².